The fourth-order valence-electron chi connectivity index (χ4n) is 4.39. The number of carbonyl (C=O) groups is 1. The summed E-state index contributed by atoms with van der Waals surface area (Å²) in [5, 5.41) is 13.5. The number of amides is 1. The van der Waals surface area contributed by atoms with Gasteiger partial charge in [0, 0.05) is 37.5 Å². The number of nitriles is 1. The van der Waals surface area contributed by atoms with Gasteiger partial charge in [0.05, 0.1) is 36.6 Å². The molecular formula is C22H27N5O2. The van der Waals surface area contributed by atoms with Crippen LogP contribution in [0.2, 0.25) is 0 Å². The molecule has 1 aromatic heterocycles. The van der Waals surface area contributed by atoms with Gasteiger partial charge in [-0.3, -0.25) is 9.48 Å². The average molecular weight is 393 g/mol. The first-order valence-corrected chi connectivity index (χ1v) is 10.3. The van der Waals surface area contributed by atoms with Gasteiger partial charge in [0.1, 0.15) is 0 Å². The van der Waals surface area contributed by atoms with Gasteiger partial charge in [-0.2, -0.15) is 10.4 Å². The van der Waals surface area contributed by atoms with E-state index in [0.717, 1.165) is 25.2 Å². The molecular weight excluding hydrogens is 366 g/mol. The number of hydrogen-bond acceptors (Lipinski definition) is 5. The van der Waals surface area contributed by atoms with E-state index in [1.54, 1.807) is 28.9 Å². The zero-order chi connectivity index (χ0) is 20.2. The number of morpholine rings is 1. The van der Waals surface area contributed by atoms with Gasteiger partial charge in [-0.15, -0.1) is 0 Å². The van der Waals surface area contributed by atoms with E-state index in [1.807, 2.05) is 24.3 Å². The molecule has 7 heteroatoms. The molecule has 0 unspecified atom stereocenters. The highest BCUT2D eigenvalue weighted by Crippen LogP contribution is 2.32. The molecule has 4 rings (SSSR count). The number of likely N-dealkylation sites (tertiary alicyclic amines) is 1. The van der Waals surface area contributed by atoms with Gasteiger partial charge in [0.2, 0.25) is 0 Å². The molecule has 29 heavy (non-hydrogen) atoms. The summed E-state index contributed by atoms with van der Waals surface area (Å²) in [6.45, 7) is 4.00. The van der Waals surface area contributed by atoms with Crippen molar-refractivity contribution < 1.29 is 9.53 Å². The van der Waals surface area contributed by atoms with Crippen LogP contribution in [0.15, 0.2) is 36.7 Å². The van der Waals surface area contributed by atoms with Crippen LogP contribution >= 0.6 is 0 Å². The quantitative estimate of drug-likeness (QED) is 0.797. The molecule has 0 radical (unpaired) electrons. The van der Waals surface area contributed by atoms with Crippen LogP contribution in [0, 0.1) is 11.3 Å². The Labute approximate surface area is 171 Å². The van der Waals surface area contributed by atoms with Crippen molar-refractivity contribution in [3.8, 4) is 6.07 Å². The lowest BCUT2D eigenvalue weighted by Crippen LogP contribution is -2.52. The fourth-order valence-corrected chi connectivity index (χ4v) is 4.39. The van der Waals surface area contributed by atoms with Gasteiger partial charge in [-0.25, -0.2) is 0 Å². The number of benzene rings is 1. The van der Waals surface area contributed by atoms with Crippen LogP contribution in [0.5, 0.6) is 0 Å². The molecule has 2 aliphatic heterocycles. The summed E-state index contributed by atoms with van der Waals surface area (Å²) in [7, 11) is 1.88. The maximum atomic E-state index is 13.4. The van der Waals surface area contributed by atoms with E-state index in [1.165, 1.54) is 19.3 Å². The molecule has 7 nitrogen and oxygen atoms in total. The summed E-state index contributed by atoms with van der Waals surface area (Å²) in [5.41, 5.74) is 2.02. The summed E-state index contributed by atoms with van der Waals surface area (Å²) >= 11 is 0. The number of aromatic nitrogens is 2. The predicted molar refractivity (Wildman–Crippen MR) is 108 cm³/mol. The van der Waals surface area contributed by atoms with Crippen LogP contribution in [-0.4, -0.2) is 64.4 Å². The van der Waals surface area contributed by atoms with Crippen molar-refractivity contribution in [3.05, 3.63) is 53.3 Å². The smallest absolute Gasteiger partial charge is 0.254 e. The molecule has 1 amide bonds. The molecule has 2 fully saturated rings. The number of piperidine rings is 1. The van der Waals surface area contributed by atoms with Gasteiger partial charge in [0.15, 0.2) is 0 Å². The lowest BCUT2D eigenvalue weighted by molar-refractivity contribution is -0.0741. The highest BCUT2D eigenvalue weighted by atomic mass is 16.5. The van der Waals surface area contributed by atoms with Crippen LogP contribution in [0.1, 0.15) is 46.8 Å². The number of rotatable bonds is 4. The molecule has 0 N–H and O–H groups in total. The standard InChI is InChI=1S/C22H27N5O2/c1-25-15-19(14-24-25)21-20(16-26-8-3-2-4-9-26)29-11-10-27(21)22(28)18-7-5-6-17(12-18)13-23/h5-7,12,14-15,20-21H,2-4,8-11,16H2,1H3/t20-,21-/m0/s1. The summed E-state index contributed by atoms with van der Waals surface area (Å²) < 4.78 is 7.96. The minimum atomic E-state index is -0.197. The number of aryl methyl sites for hydroxylation is 1. The first-order valence-electron chi connectivity index (χ1n) is 10.3. The van der Waals surface area contributed by atoms with Crippen LogP contribution in [0.25, 0.3) is 0 Å². The Balaban J connectivity index is 1.63. The number of ether oxygens (including phenoxy) is 1. The first kappa shape index (κ1) is 19.6. The third kappa shape index (κ3) is 4.34. The largest absolute Gasteiger partial charge is 0.373 e. The molecule has 0 spiro atoms. The maximum Gasteiger partial charge on any atom is 0.254 e. The van der Waals surface area contributed by atoms with Crippen molar-refractivity contribution in [2.24, 2.45) is 7.05 Å². The molecule has 3 heterocycles. The van der Waals surface area contributed by atoms with Crippen molar-refractivity contribution in [3.63, 3.8) is 0 Å². The normalized spacial score (nSPS) is 23.0. The highest BCUT2D eigenvalue weighted by Gasteiger charge is 2.38. The van der Waals surface area contributed by atoms with Crippen molar-refractivity contribution in [2.45, 2.75) is 31.4 Å². The van der Waals surface area contributed by atoms with E-state index in [0.29, 0.717) is 24.3 Å². The molecule has 2 atom stereocenters. The topological polar surface area (TPSA) is 74.4 Å². The van der Waals surface area contributed by atoms with Gasteiger partial charge in [-0.1, -0.05) is 12.5 Å². The van der Waals surface area contributed by atoms with Gasteiger partial charge in [0.25, 0.3) is 5.91 Å². The van der Waals surface area contributed by atoms with Gasteiger partial charge in [-0.05, 0) is 44.1 Å². The average Bonchev–Trinajstić information content (AvgIpc) is 3.19. The summed E-state index contributed by atoms with van der Waals surface area (Å²) in [6.07, 6.45) is 7.41. The second-order valence-electron chi connectivity index (χ2n) is 7.85. The SMILES string of the molecule is Cn1cc([C@H]2[C@H](CN3CCCCC3)OCCN2C(=O)c2cccc(C#N)c2)cn1. The summed E-state index contributed by atoms with van der Waals surface area (Å²) in [5.74, 6) is -0.0668. The molecule has 2 aliphatic rings. The first-order chi connectivity index (χ1) is 14.2. The van der Waals surface area contributed by atoms with Gasteiger partial charge < -0.3 is 14.5 Å². The van der Waals surface area contributed by atoms with Crippen molar-refractivity contribution in [1.82, 2.24) is 19.6 Å². The van der Waals surface area contributed by atoms with Crippen LogP contribution in [0.4, 0.5) is 0 Å². The van der Waals surface area contributed by atoms with E-state index in [4.69, 9.17) is 4.74 Å². The second kappa shape index (κ2) is 8.76. The van der Waals surface area contributed by atoms with Crippen LogP contribution < -0.4 is 0 Å². The van der Waals surface area contributed by atoms with E-state index >= 15 is 0 Å². The molecule has 0 bridgehead atoms. The van der Waals surface area contributed by atoms with Crippen molar-refractivity contribution >= 4 is 5.91 Å². The lowest BCUT2D eigenvalue weighted by Gasteiger charge is -2.43. The lowest BCUT2D eigenvalue weighted by atomic mass is 9.98. The van der Waals surface area contributed by atoms with Crippen LogP contribution in [-0.2, 0) is 11.8 Å². The molecule has 1 aromatic carbocycles. The fraction of sp³-hybridized carbons (Fsp3) is 0.500. The Morgan fingerprint density at radius 3 is 2.83 bits per heavy atom. The van der Waals surface area contributed by atoms with Gasteiger partial charge >= 0.3 is 0 Å². The zero-order valence-electron chi connectivity index (χ0n) is 16.8. The summed E-state index contributed by atoms with van der Waals surface area (Å²) in [6, 6.07) is 8.84. The Kier molecular flexibility index (Phi) is 5.93. The van der Waals surface area contributed by atoms with Crippen LogP contribution in [0.3, 0.4) is 0 Å². The Bertz CT molecular complexity index is 897. The minimum absolute atomic E-state index is 0.0668. The maximum absolute atomic E-state index is 13.4. The van der Waals surface area contributed by atoms with E-state index in [-0.39, 0.29) is 18.1 Å². The molecule has 152 valence electrons. The van der Waals surface area contributed by atoms with Crippen molar-refractivity contribution in [2.75, 3.05) is 32.8 Å². The van der Waals surface area contributed by atoms with Crippen molar-refractivity contribution in [1.29, 1.82) is 5.26 Å². The third-order valence-electron chi connectivity index (χ3n) is 5.80. The molecule has 0 saturated carbocycles. The second-order valence-corrected chi connectivity index (χ2v) is 7.85. The Morgan fingerprint density at radius 1 is 1.28 bits per heavy atom. The predicted octanol–water partition coefficient (Wildman–Crippen LogP) is 2.36. The Morgan fingerprint density at radius 2 is 2.10 bits per heavy atom. The number of nitrogens with zero attached hydrogens (tertiary/aromatic N) is 5. The zero-order valence-corrected chi connectivity index (χ0v) is 16.8. The van der Waals surface area contributed by atoms with E-state index < -0.39 is 0 Å². The number of hydrogen-bond donors (Lipinski definition) is 0. The summed E-state index contributed by atoms with van der Waals surface area (Å²) in [4.78, 5) is 17.8. The minimum Gasteiger partial charge on any atom is -0.373 e. The number of carbonyl (C=O) groups excluding carboxylic acids is 1. The third-order valence-corrected chi connectivity index (χ3v) is 5.80. The molecule has 0 aliphatic carbocycles. The Hall–Kier alpha value is -2.69. The highest BCUT2D eigenvalue weighted by molar-refractivity contribution is 5.95. The van der Waals surface area contributed by atoms with E-state index in [9.17, 15) is 10.1 Å². The molecule has 2 aromatic rings. The molecule has 2 saturated heterocycles. The van der Waals surface area contributed by atoms with E-state index in [2.05, 4.69) is 16.1 Å². The monoisotopic (exact) mass is 393 g/mol.